The number of nitrogens with one attached hydrogen (secondary N) is 1. The van der Waals surface area contributed by atoms with E-state index in [1.807, 2.05) is 6.20 Å². The SMILES string of the molecule is NCC1(c2ccc(Br)cc2)c2ccccc2-c2[nH]cc[n+]21.[Cl-]. The van der Waals surface area contributed by atoms with Crippen LogP contribution in [0.15, 0.2) is 65.4 Å². The molecule has 5 heteroatoms. The van der Waals surface area contributed by atoms with E-state index < -0.39 is 0 Å². The first-order chi connectivity index (χ1) is 10.3. The Balaban J connectivity index is 0.00000144. The van der Waals surface area contributed by atoms with Gasteiger partial charge in [-0.05, 0) is 18.2 Å². The summed E-state index contributed by atoms with van der Waals surface area (Å²) < 4.78 is 3.32. The number of fused-ring (bicyclic) bond motifs is 3. The van der Waals surface area contributed by atoms with E-state index in [4.69, 9.17) is 5.73 Å². The average molecular weight is 377 g/mol. The maximum Gasteiger partial charge on any atom is 0.288 e. The Labute approximate surface area is 143 Å². The molecule has 2 heterocycles. The molecule has 1 atom stereocenters. The van der Waals surface area contributed by atoms with Crippen molar-refractivity contribution in [3.8, 4) is 11.4 Å². The van der Waals surface area contributed by atoms with Gasteiger partial charge in [-0.25, -0.2) is 9.55 Å². The van der Waals surface area contributed by atoms with Crippen LogP contribution in [0.4, 0.5) is 0 Å². The quantitative estimate of drug-likeness (QED) is 0.598. The molecule has 0 spiro atoms. The third kappa shape index (κ3) is 1.88. The Hall–Kier alpha value is -1.62. The number of nitrogens with two attached hydrogens (primary N) is 1. The highest BCUT2D eigenvalue weighted by molar-refractivity contribution is 9.10. The summed E-state index contributed by atoms with van der Waals surface area (Å²) in [4.78, 5) is 3.34. The second-order valence-corrected chi connectivity index (χ2v) is 6.21. The van der Waals surface area contributed by atoms with Gasteiger partial charge in [0.15, 0.2) is 5.54 Å². The second-order valence-electron chi connectivity index (χ2n) is 5.30. The Bertz CT molecular complexity index is 813. The fraction of sp³-hybridized carbons (Fsp3) is 0.118. The summed E-state index contributed by atoms with van der Waals surface area (Å²) >= 11 is 3.51. The maximum atomic E-state index is 6.28. The molecule has 4 rings (SSSR count). The maximum absolute atomic E-state index is 6.28. The molecule has 3 N–H and O–H groups in total. The van der Waals surface area contributed by atoms with Gasteiger partial charge in [0, 0.05) is 22.1 Å². The molecule has 1 aliphatic rings. The number of rotatable bonds is 2. The molecule has 0 bridgehead atoms. The highest BCUT2D eigenvalue weighted by atomic mass is 79.9. The smallest absolute Gasteiger partial charge is 0.288 e. The van der Waals surface area contributed by atoms with Gasteiger partial charge in [-0.15, -0.1) is 0 Å². The molecule has 0 saturated carbocycles. The van der Waals surface area contributed by atoms with Crippen molar-refractivity contribution in [2.45, 2.75) is 5.54 Å². The van der Waals surface area contributed by atoms with Crippen LogP contribution in [0, 0.1) is 0 Å². The van der Waals surface area contributed by atoms with Crippen molar-refractivity contribution in [1.82, 2.24) is 4.98 Å². The first-order valence-electron chi connectivity index (χ1n) is 6.93. The molecule has 0 saturated heterocycles. The summed E-state index contributed by atoms with van der Waals surface area (Å²) in [7, 11) is 0. The van der Waals surface area contributed by atoms with Gasteiger partial charge in [0.25, 0.3) is 5.82 Å². The molecule has 0 aliphatic carbocycles. The number of benzene rings is 2. The van der Waals surface area contributed by atoms with Crippen molar-refractivity contribution in [2.75, 3.05) is 6.54 Å². The van der Waals surface area contributed by atoms with Gasteiger partial charge in [-0.3, -0.25) is 0 Å². The first kappa shape index (κ1) is 15.3. The number of aromatic nitrogens is 2. The lowest BCUT2D eigenvalue weighted by Crippen LogP contribution is -3.00. The molecule has 3 nitrogen and oxygen atoms in total. The minimum absolute atomic E-state index is 0. The molecule has 112 valence electrons. The summed E-state index contributed by atoms with van der Waals surface area (Å²) in [5, 5.41) is 0. The number of imidazole rings is 1. The molecular formula is C17H15BrClN3. The lowest BCUT2D eigenvalue weighted by Gasteiger charge is -2.27. The normalized spacial score (nSPS) is 18.5. The minimum Gasteiger partial charge on any atom is -1.00 e. The van der Waals surface area contributed by atoms with E-state index in [-0.39, 0.29) is 17.9 Å². The highest BCUT2D eigenvalue weighted by Crippen LogP contribution is 2.40. The topological polar surface area (TPSA) is 45.7 Å². The van der Waals surface area contributed by atoms with Crippen LogP contribution in [-0.4, -0.2) is 11.5 Å². The van der Waals surface area contributed by atoms with E-state index in [1.165, 1.54) is 16.7 Å². The summed E-state index contributed by atoms with van der Waals surface area (Å²) in [6, 6.07) is 16.9. The molecule has 1 aliphatic heterocycles. The Morgan fingerprint density at radius 1 is 1.09 bits per heavy atom. The largest absolute Gasteiger partial charge is 1.00 e. The zero-order chi connectivity index (χ0) is 14.4. The fourth-order valence-corrected chi connectivity index (χ4v) is 3.65. The molecule has 0 amide bonds. The van der Waals surface area contributed by atoms with Crippen LogP contribution in [0.25, 0.3) is 11.4 Å². The van der Waals surface area contributed by atoms with Gasteiger partial charge < -0.3 is 18.1 Å². The van der Waals surface area contributed by atoms with Gasteiger partial charge >= 0.3 is 0 Å². The zero-order valence-corrected chi connectivity index (χ0v) is 14.1. The summed E-state index contributed by atoms with van der Waals surface area (Å²) in [5.41, 5.74) is 9.61. The van der Waals surface area contributed by atoms with Crippen LogP contribution in [-0.2, 0) is 5.54 Å². The van der Waals surface area contributed by atoms with Crippen molar-refractivity contribution >= 4 is 15.9 Å². The number of nitrogens with zero attached hydrogens (tertiary/aromatic N) is 1. The van der Waals surface area contributed by atoms with E-state index in [0.717, 1.165) is 10.3 Å². The van der Waals surface area contributed by atoms with Crippen LogP contribution in [0.2, 0.25) is 0 Å². The number of hydrogen-bond acceptors (Lipinski definition) is 1. The lowest BCUT2D eigenvalue weighted by molar-refractivity contribution is -0.724. The fourth-order valence-electron chi connectivity index (χ4n) is 3.39. The van der Waals surface area contributed by atoms with Crippen molar-refractivity contribution in [3.05, 3.63) is 76.5 Å². The average Bonchev–Trinajstić information content (AvgIpc) is 3.09. The first-order valence-corrected chi connectivity index (χ1v) is 7.72. The summed E-state index contributed by atoms with van der Waals surface area (Å²) in [6.45, 7) is 0.515. The number of aromatic amines is 1. The second kappa shape index (κ2) is 5.54. The van der Waals surface area contributed by atoms with E-state index in [2.05, 4.69) is 80.2 Å². The van der Waals surface area contributed by atoms with Crippen molar-refractivity contribution in [3.63, 3.8) is 0 Å². The molecule has 3 aromatic rings. The molecule has 22 heavy (non-hydrogen) atoms. The van der Waals surface area contributed by atoms with Crippen molar-refractivity contribution in [1.29, 1.82) is 0 Å². The lowest BCUT2D eigenvalue weighted by atomic mass is 9.83. The third-order valence-corrected chi connectivity index (χ3v) is 4.87. The van der Waals surface area contributed by atoms with Gasteiger partial charge in [0.05, 0.1) is 5.56 Å². The molecule has 1 unspecified atom stereocenters. The number of H-pyrrole nitrogens is 1. The molecule has 1 aromatic heterocycles. The van der Waals surface area contributed by atoms with Crippen LogP contribution in [0.5, 0.6) is 0 Å². The molecule has 0 fully saturated rings. The molecule has 0 radical (unpaired) electrons. The predicted molar refractivity (Wildman–Crippen MR) is 85.8 cm³/mol. The van der Waals surface area contributed by atoms with E-state index in [9.17, 15) is 0 Å². The van der Waals surface area contributed by atoms with Gasteiger partial charge in [-0.1, -0.05) is 46.3 Å². The minimum atomic E-state index is -0.341. The van der Waals surface area contributed by atoms with Crippen LogP contribution in [0.1, 0.15) is 11.1 Å². The van der Waals surface area contributed by atoms with Crippen LogP contribution < -0.4 is 22.7 Å². The Morgan fingerprint density at radius 3 is 2.55 bits per heavy atom. The Kier molecular flexibility index (Phi) is 3.85. The molecular weight excluding hydrogens is 362 g/mol. The van der Waals surface area contributed by atoms with Gasteiger partial charge in [0.2, 0.25) is 0 Å². The summed E-state index contributed by atoms with van der Waals surface area (Å²) in [6.07, 6.45) is 4.04. The standard InChI is InChI=1S/C17H14BrN3.ClH/c18-13-7-5-12(6-8-13)17(11-19)15-4-2-1-3-14(15)16-20-9-10-21(16)17;/h1-10H,11,19H2;1H. The van der Waals surface area contributed by atoms with Crippen LogP contribution in [0.3, 0.4) is 0 Å². The van der Waals surface area contributed by atoms with Gasteiger partial charge in [-0.2, -0.15) is 0 Å². The van der Waals surface area contributed by atoms with Crippen molar-refractivity contribution < 1.29 is 17.0 Å². The van der Waals surface area contributed by atoms with E-state index in [1.54, 1.807) is 0 Å². The number of hydrogen-bond donors (Lipinski definition) is 2. The van der Waals surface area contributed by atoms with Crippen molar-refractivity contribution in [2.24, 2.45) is 5.73 Å². The number of halogens is 2. The van der Waals surface area contributed by atoms with E-state index >= 15 is 0 Å². The van der Waals surface area contributed by atoms with Crippen LogP contribution >= 0.6 is 15.9 Å². The highest BCUT2D eigenvalue weighted by Gasteiger charge is 2.49. The zero-order valence-electron chi connectivity index (χ0n) is 11.8. The monoisotopic (exact) mass is 375 g/mol. The predicted octanol–water partition coefficient (Wildman–Crippen LogP) is -0.200. The van der Waals surface area contributed by atoms with E-state index in [0.29, 0.717) is 6.54 Å². The Morgan fingerprint density at radius 2 is 1.82 bits per heavy atom. The third-order valence-electron chi connectivity index (χ3n) is 4.34. The molecule has 2 aromatic carbocycles. The van der Waals surface area contributed by atoms with Gasteiger partial charge in [0.1, 0.15) is 12.4 Å². The summed E-state index contributed by atoms with van der Waals surface area (Å²) in [5.74, 6) is 1.11.